The minimum Gasteiger partial charge on any atom is -0.384 e. The highest BCUT2D eigenvalue weighted by molar-refractivity contribution is 6.00. The Bertz CT molecular complexity index is 697. The van der Waals surface area contributed by atoms with Crippen LogP contribution in [-0.2, 0) is 13.6 Å². The predicted octanol–water partition coefficient (Wildman–Crippen LogP) is -0.429. The van der Waals surface area contributed by atoms with Crippen molar-refractivity contribution in [3.8, 4) is 0 Å². The lowest BCUT2D eigenvalue weighted by Crippen LogP contribution is -3.13. The Hall–Kier alpha value is -1.89. The molecule has 0 saturated carbocycles. The van der Waals surface area contributed by atoms with Gasteiger partial charge in [-0.2, -0.15) is 0 Å². The molecule has 0 atom stereocenters. The number of carbonyl (C=O) groups excluding carboxylic acids is 1. The molecule has 2 heterocycles. The number of nitrogens with one attached hydrogen (secondary N) is 1. The number of hydrogen-bond acceptors (Lipinski definition) is 4. The highest BCUT2D eigenvalue weighted by Crippen LogP contribution is 2.06. The summed E-state index contributed by atoms with van der Waals surface area (Å²) in [6, 6.07) is 0. The maximum Gasteiger partial charge on any atom is 0.332 e. The molecule has 7 heteroatoms. The Morgan fingerprint density at radius 3 is 2.29 bits per heavy atom. The summed E-state index contributed by atoms with van der Waals surface area (Å²) in [5, 5.41) is 0. The van der Waals surface area contributed by atoms with Gasteiger partial charge in [-0.05, 0) is 32.1 Å². The lowest BCUT2D eigenvalue weighted by Gasteiger charge is -2.21. The van der Waals surface area contributed by atoms with E-state index in [-0.39, 0.29) is 23.7 Å². The van der Waals surface area contributed by atoms with E-state index in [2.05, 4.69) is 0 Å². The second kappa shape index (κ2) is 8.28. The van der Waals surface area contributed by atoms with Crippen LogP contribution >= 0.6 is 0 Å². The summed E-state index contributed by atoms with van der Waals surface area (Å²) in [6.45, 7) is 4.48. The number of quaternary nitrogens is 1. The molecular formula is C17H29N4O3+. The van der Waals surface area contributed by atoms with Gasteiger partial charge in [0.05, 0.1) is 13.1 Å². The first-order valence-electron chi connectivity index (χ1n) is 8.93. The minimum absolute atomic E-state index is 0.0152. The molecule has 1 aromatic heterocycles. The average Bonchev–Trinajstić information content (AvgIpc) is 2.52. The van der Waals surface area contributed by atoms with Crippen LogP contribution in [0.3, 0.4) is 0 Å². The van der Waals surface area contributed by atoms with Crippen molar-refractivity contribution in [2.75, 3.05) is 25.4 Å². The lowest BCUT2D eigenvalue weighted by atomic mass is 10.1. The zero-order valence-electron chi connectivity index (χ0n) is 14.8. The van der Waals surface area contributed by atoms with Crippen LogP contribution in [0.1, 0.15) is 55.8 Å². The van der Waals surface area contributed by atoms with Gasteiger partial charge < -0.3 is 10.6 Å². The summed E-state index contributed by atoms with van der Waals surface area (Å²) in [7, 11) is 1.40. The number of hydrogen-bond donors (Lipinski definition) is 2. The standard InChI is InChI=1S/C17H28N4O3/c1-3-9-21-15(18)14(16(23)19(2)17(21)24)13(22)12-20-10-7-5-4-6-8-11-20/h3-12,18H2,1-2H3/p+1. The Morgan fingerprint density at radius 1 is 1.12 bits per heavy atom. The van der Waals surface area contributed by atoms with Crippen LogP contribution in [-0.4, -0.2) is 34.6 Å². The fraction of sp³-hybridized carbons (Fsp3) is 0.706. The molecule has 1 saturated heterocycles. The van der Waals surface area contributed by atoms with Gasteiger partial charge in [0.2, 0.25) is 5.78 Å². The molecule has 1 aliphatic heterocycles. The van der Waals surface area contributed by atoms with Crippen LogP contribution in [0.2, 0.25) is 0 Å². The molecule has 3 N–H and O–H groups in total. The third kappa shape index (κ3) is 3.95. The van der Waals surface area contributed by atoms with Crippen LogP contribution < -0.4 is 21.9 Å². The van der Waals surface area contributed by atoms with Crippen LogP contribution in [0.25, 0.3) is 0 Å². The SMILES string of the molecule is CCCn1c(N)c(C(=O)C[NH+]2CCCCCCC2)c(=O)n(C)c1=O. The molecule has 1 aromatic rings. The number of rotatable bonds is 5. The van der Waals surface area contributed by atoms with Crippen molar-refractivity contribution in [3.63, 3.8) is 0 Å². The quantitative estimate of drug-likeness (QED) is 0.713. The molecule has 0 amide bonds. The number of nitrogens with zero attached hydrogens (tertiary/aromatic N) is 2. The van der Waals surface area contributed by atoms with Crippen LogP contribution in [0, 0.1) is 0 Å². The Labute approximate surface area is 142 Å². The number of nitrogens with two attached hydrogens (primary N) is 1. The number of Topliss-reactive ketones (excluding diaryl/α,β-unsaturated/α-hetero) is 1. The van der Waals surface area contributed by atoms with E-state index in [9.17, 15) is 14.4 Å². The summed E-state index contributed by atoms with van der Waals surface area (Å²) in [6.07, 6.45) is 6.56. The number of anilines is 1. The summed E-state index contributed by atoms with van der Waals surface area (Å²) < 4.78 is 2.32. The molecule has 1 aliphatic rings. The molecule has 24 heavy (non-hydrogen) atoms. The summed E-state index contributed by atoms with van der Waals surface area (Å²) >= 11 is 0. The third-order valence-electron chi connectivity index (χ3n) is 4.78. The number of likely N-dealkylation sites (tertiary alicyclic amines) is 1. The maximum absolute atomic E-state index is 12.7. The van der Waals surface area contributed by atoms with Crippen LogP contribution in [0.5, 0.6) is 0 Å². The number of ketones is 1. The van der Waals surface area contributed by atoms with Crippen LogP contribution in [0.15, 0.2) is 9.59 Å². The zero-order valence-corrected chi connectivity index (χ0v) is 14.8. The highest BCUT2D eigenvalue weighted by Gasteiger charge is 2.25. The Balaban J connectivity index is 2.31. The van der Waals surface area contributed by atoms with Gasteiger partial charge in [-0.3, -0.25) is 18.7 Å². The van der Waals surface area contributed by atoms with Crippen molar-refractivity contribution in [2.45, 2.75) is 52.0 Å². The fourth-order valence-electron chi connectivity index (χ4n) is 3.38. The molecule has 0 unspecified atom stereocenters. The van der Waals surface area contributed by atoms with E-state index in [1.807, 2.05) is 6.92 Å². The molecule has 7 nitrogen and oxygen atoms in total. The number of aromatic nitrogens is 2. The van der Waals surface area contributed by atoms with Gasteiger partial charge in [0.15, 0.2) is 0 Å². The van der Waals surface area contributed by atoms with Gasteiger partial charge in [-0.25, -0.2) is 4.79 Å². The largest absolute Gasteiger partial charge is 0.384 e. The van der Waals surface area contributed by atoms with E-state index in [4.69, 9.17) is 5.73 Å². The Morgan fingerprint density at radius 2 is 1.71 bits per heavy atom. The van der Waals surface area contributed by atoms with Crippen molar-refractivity contribution >= 4 is 11.6 Å². The summed E-state index contributed by atoms with van der Waals surface area (Å²) in [5.74, 6) is -0.241. The van der Waals surface area contributed by atoms with E-state index >= 15 is 0 Å². The number of nitrogen functional groups attached to an aromatic ring is 1. The highest BCUT2D eigenvalue weighted by atomic mass is 16.2. The van der Waals surface area contributed by atoms with Crippen molar-refractivity contribution in [1.29, 1.82) is 0 Å². The van der Waals surface area contributed by atoms with Crippen molar-refractivity contribution in [3.05, 3.63) is 26.4 Å². The maximum atomic E-state index is 12.7. The lowest BCUT2D eigenvalue weighted by molar-refractivity contribution is -0.892. The molecule has 0 radical (unpaired) electrons. The van der Waals surface area contributed by atoms with E-state index in [1.165, 1.54) is 35.8 Å². The second-order valence-electron chi connectivity index (χ2n) is 6.68. The van der Waals surface area contributed by atoms with E-state index in [1.54, 1.807) is 0 Å². The molecule has 0 spiro atoms. The molecule has 134 valence electrons. The third-order valence-corrected chi connectivity index (χ3v) is 4.78. The van der Waals surface area contributed by atoms with Crippen molar-refractivity contribution in [1.82, 2.24) is 9.13 Å². The van der Waals surface area contributed by atoms with Crippen molar-refractivity contribution in [2.24, 2.45) is 7.05 Å². The van der Waals surface area contributed by atoms with Gasteiger partial charge >= 0.3 is 5.69 Å². The first-order valence-corrected chi connectivity index (χ1v) is 8.93. The molecule has 1 fully saturated rings. The first kappa shape index (κ1) is 18.4. The van der Waals surface area contributed by atoms with Crippen LogP contribution in [0.4, 0.5) is 5.82 Å². The van der Waals surface area contributed by atoms with Gasteiger partial charge in [0, 0.05) is 13.6 Å². The molecule has 0 bridgehead atoms. The topological polar surface area (TPSA) is 91.5 Å². The predicted molar refractivity (Wildman–Crippen MR) is 93.6 cm³/mol. The molecule has 0 aliphatic carbocycles. The summed E-state index contributed by atoms with van der Waals surface area (Å²) in [4.78, 5) is 38.5. The van der Waals surface area contributed by atoms with E-state index < -0.39 is 11.2 Å². The fourth-order valence-corrected chi connectivity index (χ4v) is 3.38. The van der Waals surface area contributed by atoms with Crippen molar-refractivity contribution < 1.29 is 9.69 Å². The number of carbonyl (C=O) groups is 1. The molecular weight excluding hydrogens is 308 g/mol. The summed E-state index contributed by atoms with van der Waals surface area (Å²) in [5.41, 5.74) is 4.95. The zero-order chi connectivity index (χ0) is 17.7. The second-order valence-corrected chi connectivity index (χ2v) is 6.68. The van der Waals surface area contributed by atoms with E-state index in [0.717, 1.165) is 30.5 Å². The first-order chi connectivity index (χ1) is 11.5. The van der Waals surface area contributed by atoms with Gasteiger partial charge in [-0.1, -0.05) is 13.3 Å². The van der Waals surface area contributed by atoms with Gasteiger partial charge in [0.1, 0.15) is 17.9 Å². The van der Waals surface area contributed by atoms with Gasteiger partial charge in [0.25, 0.3) is 5.56 Å². The Kier molecular flexibility index (Phi) is 6.36. The average molecular weight is 337 g/mol. The molecule has 0 aromatic carbocycles. The van der Waals surface area contributed by atoms with Gasteiger partial charge in [-0.15, -0.1) is 0 Å². The minimum atomic E-state index is -0.582. The molecule has 2 rings (SSSR count). The monoisotopic (exact) mass is 337 g/mol. The normalized spacial score (nSPS) is 16.6. The van der Waals surface area contributed by atoms with E-state index in [0.29, 0.717) is 13.0 Å². The smallest absolute Gasteiger partial charge is 0.332 e.